The second-order valence-electron chi connectivity index (χ2n) is 4.73. The van der Waals surface area contributed by atoms with Crippen LogP contribution in [-0.4, -0.2) is 10.1 Å². The minimum atomic E-state index is -0.617. The zero-order valence-electron chi connectivity index (χ0n) is 10.7. The Morgan fingerprint density at radius 1 is 1.00 bits per heavy atom. The van der Waals surface area contributed by atoms with E-state index in [0.29, 0.717) is 0 Å². The van der Waals surface area contributed by atoms with Gasteiger partial charge in [-0.2, -0.15) is 0 Å². The number of nitrogens with zero attached hydrogens (tertiary/aromatic N) is 1. The molecule has 0 radical (unpaired) electrons. The van der Waals surface area contributed by atoms with E-state index >= 15 is 0 Å². The van der Waals surface area contributed by atoms with Crippen LogP contribution in [0.5, 0.6) is 0 Å². The van der Waals surface area contributed by atoms with E-state index in [4.69, 9.17) is 0 Å². The van der Waals surface area contributed by atoms with Gasteiger partial charge in [0.25, 0.3) is 0 Å². The highest BCUT2D eigenvalue weighted by Crippen LogP contribution is 2.28. The summed E-state index contributed by atoms with van der Waals surface area (Å²) in [6, 6.07) is 17.7. The summed E-state index contributed by atoms with van der Waals surface area (Å²) in [4.78, 5) is 4.35. The second kappa shape index (κ2) is 4.82. The molecule has 1 heterocycles. The molecule has 0 saturated carbocycles. The summed E-state index contributed by atoms with van der Waals surface area (Å²) < 4.78 is 0. The van der Waals surface area contributed by atoms with E-state index in [2.05, 4.69) is 11.1 Å². The normalized spacial score (nSPS) is 12.5. The van der Waals surface area contributed by atoms with Crippen molar-refractivity contribution in [3.8, 4) is 0 Å². The van der Waals surface area contributed by atoms with Gasteiger partial charge in [0.2, 0.25) is 0 Å². The number of aryl methyl sites for hydroxylation is 1. The van der Waals surface area contributed by atoms with E-state index in [1.165, 1.54) is 5.56 Å². The molecular weight excluding hydrogens is 234 g/mol. The maximum Gasteiger partial charge on any atom is 0.105 e. The summed E-state index contributed by atoms with van der Waals surface area (Å²) in [6.07, 6.45) is 1.13. The number of rotatable bonds is 2. The molecule has 1 aromatic heterocycles. The van der Waals surface area contributed by atoms with Crippen molar-refractivity contribution in [1.29, 1.82) is 0 Å². The van der Waals surface area contributed by atoms with Gasteiger partial charge in [0.05, 0.1) is 5.52 Å². The second-order valence-corrected chi connectivity index (χ2v) is 4.73. The van der Waals surface area contributed by atoms with E-state index in [9.17, 15) is 5.11 Å². The number of aromatic nitrogens is 1. The van der Waals surface area contributed by atoms with Crippen LogP contribution in [0.2, 0.25) is 0 Å². The summed E-state index contributed by atoms with van der Waals surface area (Å²) in [6.45, 7) is 2.05. The molecule has 3 rings (SSSR count). The van der Waals surface area contributed by atoms with Gasteiger partial charge in [-0.25, -0.2) is 0 Å². The van der Waals surface area contributed by atoms with Crippen LogP contribution in [0.1, 0.15) is 22.8 Å². The Morgan fingerprint density at radius 2 is 1.79 bits per heavy atom. The van der Waals surface area contributed by atoms with Crippen molar-refractivity contribution in [2.45, 2.75) is 13.0 Å². The van der Waals surface area contributed by atoms with E-state index in [1.54, 1.807) is 6.20 Å². The Balaban J connectivity index is 2.17. The van der Waals surface area contributed by atoms with Crippen LogP contribution in [0, 0.1) is 6.92 Å². The first-order valence-electron chi connectivity index (χ1n) is 6.34. The Labute approximate surface area is 112 Å². The fourth-order valence-corrected chi connectivity index (χ4v) is 2.33. The number of aliphatic hydroxyl groups excluding tert-OH is 1. The van der Waals surface area contributed by atoms with Gasteiger partial charge < -0.3 is 5.11 Å². The molecular formula is C17H15NO. The summed E-state index contributed by atoms with van der Waals surface area (Å²) in [5.41, 5.74) is 3.89. The van der Waals surface area contributed by atoms with Crippen LogP contribution < -0.4 is 0 Å². The third-order valence-corrected chi connectivity index (χ3v) is 3.34. The molecule has 1 unspecified atom stereocenters. The maximum atomic E-state index is 10.6. The van der Waals surface area contributed by atoms with Crippen molar-refractivity contribution >= 4 is 10.9 Å². The molecule has 0 aliphatic rings. The smallest absolute Gasteiger partial charge is 0.105 e. The Morgan fingerprint density at radius 3 is 2.58 bits per heavy atom. The van der Waals surface area contributed by atoms with Gasteiger partial charge in [-0.15, -0.1) is 0 Å². The predicted molar refractivity (Wildman–Crippen MR) is 77.0 cm³/mol. The summed E-state index contributed by atoms with van der Waals surface area (Å²) in [7, 11) is 0. The summed E-state index contributed by atoms with van der Waals surface area (Å²) >= 11 is 0. The Kier molecular flexibility index (Phi) is 3.02. The number of pyridine rings is 1. The largest absolute Gasteiger partial charge is 0.384 e. The van der Waals surface area contributed by atoms with Crippen molar-refractivity contribution in [3.05, 3.63) is 77.5 Å². The number of aliphatic hydroxyl groups is 1. The zero-order valence-corrected chi connectivity index (χ0v) is 10.7. The van der Waals surface area contributed by atoms with Crippen molar-refractivity contribution in [2.24, 2.45) is 0 Å². The van der Waals surface area contributed by atoms with Crippen LogP contribution in [0.4, 0.5) is 0 Å². The first kappa shape index (κ1) is 11.9. The highest BCUT2D eigenvalue weighted by atomic mass is 16.3. The lowest BCUT2D eigenvalue weighted by molar-refractivity contribution is 0.222. The standard InChI is InChI=1S/C17H15NO/c1-12-7-8-16-15(11-12)14(9-10-18-16)17(19)13-5-3-2-4-6-13/h2-11,17,19H,1H3. The van der Waals surface area contributed by atoms with Crippen LogP contribution in [0.25, 0.3) is 10.9 Å². The predicted octanol–water partition coefficient (Wildman–Crippen LogP) is 3.62. The molecule has 0 amide bonds. The molecule has 2 aromatic carbocycles. The Bertz CT molecular complexity index is 707. The van der Waals surface area contributed by atoms with E-state index in [1.807, 2.05) is 55.5 Å². The molecule has 2 heteroatoms. The molecule has 0 saturated heterocycles. The van der Waals surface area contributed by atoms with E-state index in [-0.39, 0.29) is 0 Å². The molecule has 3 aromatic rings. The molecule has 0 aliphatic carbocycles. The molecule has 94 valence electrons. The van der Waals surface area contributed by atoms with E-state index in [0.717, 1.165) is 22.0 Å². The lowest BCUT2D eigenvalue weighted by atomic mass is 9.97. The van der Waals surface area contributed by atoms with Gasteiger partial charge in [-0.3, -0.25) is 4.98 Å². The molecule has 2 nitrogen and oxygen atoms in total. The topological polar surface area (TPSA) is 33.1 Å². The van der Waals surface area contributed by atoms with Crippen molar-refractivity contribution < 1.29 is 5.11 Å². The number of hydrogen-bond acceptors (Lipinski definition) is 2. The minimum Gasteiger partial charge on any atom is -0.384 e. The monoisotopic (exact) mass is 249 g/mol. The molecule has 19 heavy (non-hydrogen) atoms. The quantitative estimate of drug-likeness (QED) is 0.752. The van der Waals surface area contributed by atoms with Gasteiger partial charge >= 0.3 is 0 Å². The van der Waals surface area contributed by atoms with Gasteiger partial charge in [-0.1, -0.05) is 42.0 Å². The van der Waals surface area contributed by atoms with Crippen LogP contribution in [0.3, 0.4) is 0 Å². The fourth-order valence-electron chi connectivity index (χ4n) is 2.33. The molecule has 1 atom stereocenters. The van der Waals surface area contributed by atoms with Gasteiger partial charge in [-0.05, 0) is 36.2 Å². The first-order chi connectivity index (χ1) is 9.25. The maximum absolute atomic E-state index is 10.6. The molecule has 0 aliphatic heterocycles. The van der Waals surface area contributed by atoms with Crippen molar-refractivity contribution in [3.63, 3.8) is 0 Å². The zero-order chi connectivity index (χ0) is 13.2. The molecule has 1 N–H and O–H groups in total. The molecule has 0 bridgehead atoms. The lowest BCUT2D eigenvalue weighted by Gasteiger charge is -2.14. The highest BCUT2D eigenvalue weighted by Gasteiger charge is 2.13. The average molecular weight is 249 g/mol. The summed E-state index contributed by atoms with van der Waals surface area (Å²) in [5, 5.41) is 11.6. The van der Waals surface area contributed by atoms with Crippen LogP contribution in [0.15, 0.2) is 60.8 Å². The highest BCUT2D eigenvalue weighted by molar-refractivity contribution is 5.83. The molecule has 0 fully saturated rings. The average Bonchev–Trinajstić information content (AvgIpc) is 2.47. The first-order valence-corrected chi connectivity index (χ1v) is 6.34. The number of fused-ring (bicyclic) bond motifs is 1. The third kappa shape index (κ3) is 2.23. The third-order valence-electron chi connectivity index (χ3n) is 3.34. The van der Waals surface area contributed by atoms with Crippen molar-refractivity contribution in [1.82, 2.24) is 4.98 Å². The molecule has 0 spiro atoms. The van der Waals surface area contributed by atoms with Gasteiger partial charge in [0.1, 0.15) is 6.10 Å². The van der Waals surface area contributed by atoms with Crippen molar-refractivity contribution in [2.75, 3.05) is 0 Å². The van der Waals surface area contributed by atoms with Gasteiger partial charge in [0.15, 0.2) is 0 Å². The van der Waals surface area contributed by atoms with E-state index < -0.39 is 6.10 Å². The fraction of sp³-hybridized carbons (Fsp3) is 0.118. The number of benzene rings is 2. The minimum absolute atomic E-state index is 0.617. The van der Waals surface area contributed by atoms with Gasteiger partial charge in [0, 0.05) is 11.6 Å². The van der Waals surface area contributed by atoms with Crippen LogP contribution >= 0.6 is 0 Å². The lowest BCUT2D eigenvalue weighted by Crippen LogP contribution is -2.01. The SMILES string of the molecule is Cc1ccc2nccc(C(O)c3ccccc3)c2c1. The summed E-state index contributed by atoms with van der Waals surface area (Å²) in [5.74, 6) is 0. The van der Waals surface area contributed by atoms with Crippen LogP contribution in [-0.2, 0) is 0 Å². The Hall–Kier alpha value is -2.19. The number of hydrogen-bond donors (Lipinski definition) is 1.